The number of hydrogen-bond acceptors (Lipinski definition) is 11. The molecule has 1 aliphatic heterocycles. The third-order valence-corrected chi connectivity index (χ3v) is 13.4. The van der Waals surface area contributed by atoms with E-state index < -0.39 is 43.0 Å². The SMILES string of the molecule is CC(C)(C)[Si](C)(C)O[C@@H]1C[C@@H](COS(=O)(=O)NC(=O)c2ccccc2OCc2ccccc2)O[C@H]1n1cnc2c(N)ncnc21. The molecule has 1 fully saturated rings. The number of carbonyl (C=O) groups is 1. The zero-order chi connectivity index (χ0) is 32.4. The van der Waals surface area contributed by atoms with Crippen molar-refractivity contribution in [1.82, 2.24) is 24.2 Å². The molecule has 3 N–H and O–H groups in total. The molecule has 2 aromatic carbocycles. The monoisotopic (exact) mass is 654 g/mol. The fraction of sp³-hybridized carbons (Fsp3) is 0.400. The van der Waals surface area contributed by atoms with Gasteiger partial charge in [0, 0.05) is 6.42 Å². The average molecular weight is 655 g/mol. The van der Waals surface area contributed by atoms with Crippen molar-refractivity contribution >= 4 is 41.5 Å². The second kappa shape index (κ2) is 12.8. The van der Waals surface area contributed by atoms with E-state index in [0.29, 0.717) is 17.6 Å². The molecule has 0 unspecified atom stereocenters. The summed E-state index contributed by atoms with van der Waals surface area (Å²) in [5.41, 5.74) is 7.83. The van der Waals surface area contributed by atoms with Crippen LogP contribution in [0.5, 0.6) is 5.75 Å². The van der Waals surface area contributed by atoms with E-state index >= 15 is 0 Å². The molecule has 1 aliphatic rings. The van der Waals surface area contributed by atoms with Gasteiger partial charge < -0.3 is 19.6 Å². The Bertz CT molecular complexity index is 1760. The maximum Gasteiger partial charge on any atom is 0.362 e. The number of para-hydroxylation sites is 1. The molecule has 0 spiro atoms. The zero-order valence-corrected chi connectivity index (χ0v) is 27.7. The standard InChI is InChI=1S/C30H38N6O7SSi/c1-30(2,3)45(4,5)43-24-15-21(42-29(24)36-19-34-25-26(31)32-18-33-27(25)36)17-41-44(38,39)35-28(37)22-13-9-10-14-23(22)40-16-20-11-7-6-8-12-20/h6-14,18-19,21,24,29H,15-17H2,1-5H3,(H,35,37)(H2,31,32,33)/t21-,24+,29+/m0/s1. The topological polar surface area (TPSA) is 170 Å². The Morgan fingerprint density at radius 2 is 1.80 bits per heavy atom. The lowest BCUT2D eigenvalue weighted by Gasteiger charge is -2.39. The summed E-state index contributed by atoms with van der Waals surface area (Å²) in [6, 6.07) is 15.8. The Morgan fingerprint density at radius 1 is 1.09 bits per heavy atom. The minimum atomic E-state index is -4.51. The van der Waals surface area contributed by atoms with Gasteiger partial charge in [-0.25, -0.2) is 19.7 Å². The summed E-state index contributed by atoms with van der Waals surface area (Å²) in [5, 5.41) is -0.0928. The summed E-state index contributed by atoms with van der Waals surface area (Å²) in [6.45, 7) is 10.5. The number of anilines is 1. The first-order valence-corrected chi connectivity index (χ1v) is 18.8. The van der Waals surface area contributed by atoms with Crippen molar-refractivity contribution in [2.75, 3.05) is 12.3 Å². The molecular formula is C30H38N6O7SSi. The van der Waals surface area contributed by atoms with Crippen molar-refractivity contribution in [3.63, 3.8) is 0 Å². The predicted octanol–water partition coefficient (Wildman–Crippen LogP) is 4.36. The first-order chi connectivity index (χ1) is 21.2. The molecule has 0 aliphatic carbocycles. The van der Waals surface area contributed by atoms with Crippen LogP contribution in [0.1, 0.15) is 49.3 Å². The van der Waals surface area contributed by atoms with Gasteiger partial charge in [-0.05, 0) is 35.8 Å². The number of aromatic nitrogens is 4. The Kier molecular flexibility index (Phi) is 9.28. The Hall–Kier alpha value is -3.89. The maximum atomic E-state index is 13.0. The van der Waals surface area contributed by atoms with Crippen LogP contribution < -0.4 is 15.2 Å². The van der Waals surface area contributed by atoms with Gasteiger partial charge in [-0.1, -0.05) is 63.2 Å². The van der Waals surface area contributed by atoms with E-state index in [-0.39, 0.29) is 35.4 Å². The number of carbonyl (C=O) groups excluding carboxylic acids is 1. The number of fused-ring (bicyclic) bond motifs is 1. The van der Waals surface area contributed by atoms with Gasteiger partial charge in [0.15, 0.2) is 26.0 Å². The maximum absolute atomic E-state index is 13.0. The van der Waals surface area contributed by atoms with Crippen molar-refractivity contribution in [1.29, 1.82) is 0 Å². The number of rotatable bonds is 11. The molecule has 45 heavy (non-hydrogen) atoms. The first-order valence-electron chi connectivity index (χ1n) is 14.5. The highest BCUT2D eigenvalue weighted by atomic mass is 32.2. The Labute approximate surface area is 263 Å². The smallest absolute Gasteiger partial charge is 0.362 e. The van der Waals surface area contributed by atoms with Gasteiger partial charge in [0.1, 0.15) is 24.2 Å². The molecule has 0 radical (unpaired) electrons. The van der Waals surface area contributed by atoms with Gasteiger partial charge in [-0.3, -0.25) is 13.5 Å². The largest absolute Gasteiger partial charge is 0.488 e. The summed E-state index contributed by atoms with van der Waals surface area (Å²) in [6.07, 6.45) is 1.40. The van der Waals surface area contributed by atoms with Crippen LogP contribution >= 0.6 is 0 Å². The van der Waals surface area contributed by atoms with Crippen LogP contribution in [0, 0.1) is 0 Å². The van der Waals surface area contributed by atoms with Crippen molar-refractivity contribution < 1.29 is 31.3 Å². The molecule has 13 nitrogen and oxygen atoms in total. The van der Waals surface area contributed by atoms with Crippen LogP contribution in [0.3, 0.4) is 0 Å². The van der Waals surface area contributed by atoms with Gasteiger partial charge in [0.05, 0.1) is 30.7 Å². The fourth-order valence-electron chi connectivity index (χ4n) is 4.66. The Morgan fingerprint density at radius 3 is 2.53 bits per heavy atom. The lowest BCUT2D eigenvalue weighted by molar-refractivity contribution is -0.0424. The summed E-state index contributed by atoms with van der Waals surface area (Å²) >= 11 is 0. The average Bonchev–Trinajstić information content (AvgIpc) is 3.59. The van der Waals surface area contributed by atoms with Crippen molar-refractivity contribution in [2.24, 2.45) is 0 Å². The number of benzene rings is 2. The van der Waals surface area contributed by atoms with Gasteiger partial charge >= 0.3 is 10.3 Å². The second-order valence-corrected chi connectivity index (χ2v) is 18.4. The number of amides is 1. The minimum Gasteiger partial charge on any atom is -0.488 e. The molecule has 2 aromatic heterocycles. The fourth-order valence-corrected chi connectivity index (χ4v) is 6.71. The second-order valence-electron chi connectivity index (χ2n) is 12.3. The number of ether oxygens (including phenoxy) is 2. The quantitative estimate of drug-likeness (QED) is 0.220. The lowest BCUT2D eigenvalue weighted by atomic mass is 10.2. The van der Waals surface area contributed by atoms with Crippen LogP contribution in [0.4, 0.5) is 5.82 Å². The molecule has 15 heteroatoms. The van der Waals surface area contributed by atoms with E-state index in [2.05, 4.69) is 48.8 Å². The zero-order valence-electron chi connectivity index (χ0n) is 25.8. The molecule has 240 valence electrons. The van der Waals surface area contributed by atoms with Crippen molar-refractivity contribution in [2.45, 2.75) is 70.4 Å². The van der Waals surface area contributed by atoms with E-state index in [0.717, 1.165) is 5.56 Å². The van der Waals surface area contributed by atoms with E-state index in [1.165, 1.54) is 12.4 Å². The van der Waals surface area contributed by atoms with Gasteiger partial charge in [0.2, 0.25) is 0 Å². The highest BCUT2D eigenvalue weighted by Crippen LogP contribution is 2.42. The minimum absolute atomic E-state index is 0.0499. The molecule has 1 saturated heterocycles. The van der Waals surface area contributed by atoms with E-state index in [1.807, 2.05) is 35.1 Å². The third kappa shape index (κ3) is 7.50. The van der Waals surface area contributed by atoms with Crippen molar-refractivity contribution in [3.05, 3.63) is 78.4 Å². The normalized spacial score (nSPS) is 19.1. The number of nitrogens with zero attached hydrogens (tertiary/aromatic N) is 4. The third-order valence-electron chi connectivity index (χ3n) is 8.05. The van der Waals surface area contributed by atoms with E-state index in [4.69, 9.17) is 23.8 Å². The molecular weight excluding hydrogens is 617 g/mol. The molecule has 0 bridgehead atoms. The molecule has 3 heterocycles. The number of nitrogens with two attached hydrogens (primary N) is 1. The highest BCUT2D eigenvalue weighted by Gasteiger charge is 2.46. The molecule has 1 amide bonds. The number of nitrogens with one attached hydrogen (secondary N) is 1. The van der Waals surface area contributed by atoms with Gasteiger partial charge in [-0.15, -0.1) is 0 Å². The van der Waals surface area contributed by atoms with Crippen LogP contribution in [-0.2, 0) is 30.3 Å². The summed E-state index contributed by atoms with van der Waals surface area (Å²) < 4.78 is 53.6. The highest BCUT2D eigenvalue weighted by molar-refractivity contribution is 7.85. The number of hydrogen-bond donors (Lipinski definition) is 2. The number of nitrogen functional groups attached to an aromatic ring is 1. The first kappa shape index (κ1) is 32.5. The van der Waals surface area contributed by atoms with Crippen LogP contribution in [0.25, 0.3) is 11.2 Å². The molecule has 0 saturated carbocycles. The van der Waals surface area contributed by atoms with Gasteiger partial charge in [0.25, 0.3) is 5.91 Å². The summed E-state index contributed by atoms with van der Waals surface area (Å²) in [7, 11) is -6.80. The van der Waals surface area contributed by atoms with Crippen LogP contribution in [-0.4, -0.2) is 61.0 Å². The van der Waals surface area contributed by atoms with Crippen molar-refractivity contribution in [3.8, 4) is 5.75 Å². The summed E-state index contributed by atoms with van der Waals surface area (Å²) in [5.74, 6) is -0.420. The van der Waals surface area contributed by atoms with Gasteiger partial charge in [-0.2, -0.15) is 8.42 Å². The molecule has 5 rings (SSSR count). The van der Waals surface area contributed by atoms with E-state index in [1.54, 1.807) is 29.1 Å². The van der Waals surface area contributed by atoms with Crippen LogP contribution in [0.2, 0.25) is 18.1 Å². The molecule has 4 aromatic rings. The van der Waals surface area contributed by atoms with Crippen LogP contribution in [0.15, 0.2) is 67.3 Å². The lowest BCUT2D eigenvalue weighted by Crippen LogP contribution is -2.45. The number of imidazole rings is 1. The Balaban J connectivity index is 1.28. The summed E-state index contributed by atoms with van der Waals surface area (Å²) in [4.78, 5) is 25.7. The van der Waals surface area contributed by atoms with E-state index in [9.17, 15) is 13.2 Å². The predicted molar refractivity (Wildman–Crippen MR) is 170 cm³/mol. The molecule has 3 atom stereocenters.